The summed E-state index contributed by atoms with van der Waals surface area (Å²) in [5.41, 5.74) is 3.60. The molecular formula is C30H30N2O6. The van der Waals surface area contributed by atoms with Gasteiger partial charge in [0, 0.05) is 42.0 Å². The number of rotatable bonds is 10. The summed E-state index contributed by atoms with van der Waals surface area (Å²) in [6.07, 6.45) is 8.49. The normalized spacial score (nSPS) is 11.3. The fraction of sp³-hybridized carbons (Fsp3) is 0.167. The molecule has 0 saturated heterocycles. The van der Waals surface area contributed by atoms with Crippen molar-refractivity contribution in [2.45, 2.75) is 0 Å². The number of allylic oxidation sites excluding steroid dienone is 1. The molecule has 8 nitrogen and oxygen atoms in total. The van der Waals surface area contributed by atoms with Crippen molar-refractivity contribution in [1.82, 2.24) is 4.57 Å². The van der Waals surface area contributed by atoms with Crippen molar-refractivity contribution in [2.24, 2.45) is 7.05 Å². The maximum Gasteiger partial charge on any atom is 0.203 e. The molecule has 0 aliphatic rings. The van der Waals surface area contributed by atoms with Crippen LogP contribution in [0.25, 0.3) is 23.1 Å². The summed E-state index contributed by atoms with van der Waals surface area (Å²) in [6.45, 7) is 0. The average molecular weight is 515 g/mol. The molecule has 0 spiro atoms. The van der Waals surface area contributed by atoms with Crippen LogP contribution in [-0.4, -0.2) is 43.9 Å². The number of fused-ring (bicyclic) bond motifs is 1. The molecule has 0 bridgehead atoms. The number of hydrogen-bond donors (Lipinski definition) is 2. The Bertz CT molecular complexity index is 1510. The number of hydrogen-bond acceptors (Lipinski definition) is 7. The summed E-state index contributed by atoms with van der Waals surface area (Å²) >= 11 is 0. The topological polar surface area (TPSA) is 91.2 Å². The second-order valence-electron chi connectivity index (χ2n) is 8.43. The largest absolute Gasteiger partial charge is 0.504 e. The highest BCUT2D eigenvalue weighted by molar-refractivity contribution is 6.13. The number of phenolic OH excluding ortho intramolecular Hbond substituents is 1. The van der Waals surface area contributed by atoms with Gasteiger partial charge in [-0.2, -0.15) is 0 Å². The summed E-state index contributed by atoms with van der Waals surface area (Å²) in [4.78, 5) is 12.9. The second-order valence-corrected chi connectivity index (χ2v) is 8.43. The van der Waals surface area contributed by atoms with E-state index >= 15 is 0 Å². The van der Waals surface area contributed by atoms with E-state index in [1.54, 1.807) is 33.5 Å². The van der Waals surface area contributed by atoms with E-state index in [0.717, 1.165) is 16.5 Å². The number of carbonyl (C=O) groups is 1. The average Bonchev–Trinajstić information content (AvgIpc) is 3.27. The molecule has 4 rings (SSSR count). The zero-order valence-electron chi connectivity index (χ0n) is 21.9. The van der Waals surface area contributed by atoms with Gasteiger partial charge in [-0.25, -0.2) is 0 Å². The first-order valence-corrected chi connectivity index (χ1v) is 11.8. The van der Waals surface area contributed by atoms with Gasteiger partial charge >= 0.3 is 0 Å². The predicted molar refractivity (Wildman–Crippen MR) is 150 cm³/mol. The van der Waals surface area contributed by atoms with E-state index in [2.05, 4.69) is 5.32 Å². The first-order chi connectivity index (χ1) is 18.4. The minimum absolute atomic E-state index is 0.0455. The minimum Gasteiger partial charge on any atom is -0.504 e. The number of aromatic nitrogens is 1. The van der Waals surface area contributed by atoms with Crippen LogP contribution in [0.3, 0.4) is 0 Å². The number of carbonyl (C=O) groups excluding carboxylic acids is 1. The second kappa shape index (κ2) is 11.5. The Morgan fingerprint density at radius 1 is 0.868 bits per heavy atom. The molecule has 2 N–H and O–H groups in total. The molecule has 0 radical (unpaired) electrons. The number of benzene rings is 3. The lowest BCUT2D eigenvalue weighted by Gasteiger charge is -2.13. The van der Waals surface area contributed by atoms with Gasteiger partial charge in [-0.1, -0.05) is 30.4 Å². The van der Waals surface area contributed by atoms with Crippen molar-refractivity contribution >= 4 is 34.5 Å². The van der Waals surface area contributed by atoms with Crippen molar-refractivity contribution in [3.05, 3.63) is 83.7 Å². The Hall–Kier alpha value is -4.85. The van der Waals surface area contributed by atoms with Gasteiger partial charge in [0.2, 0.25) is 5.75 Å². The maximum atomic E-state index is 12.9. The number of phenols is 1. The Kier molecular flexibility index (Phi) is 7.91. The molecule has 1 aromatic heterocycles. The molecule has 0 atom stereocenters. The number of nitrogens with zero attached hydrogens (tertiary/aromatic N) is 1. The third kappa shape index (κ3) is 5.29. The number of methoxy groups -OCH3 is 4. The molecule has 0 saturated carbocycles. The number of aryl methyl sites for hydroxylation is 1. The number of ketones is 1. The van der Waals surface area contributed by atoms with Crippen LogP contribution in [0, 0.1) is 0 Å². The van der Waals surface area contributed by atoms with Crippen LogP contribution in [0.15, 0.2) is 67.0 Å². The van der Waals surface area contributed by atoms with E-state index in [4.69, 9.17) is 18.9 Å². The van der Waals surface area contributed by atoms with Gasteiger partial charge in [-0.15, -0.1) is 0 Å². The third-order valence-corrected chi connectivity index (χ3v) is 6.09. The number of nitrogens with one attached hydrogen (secondary N) is 1. The van der Waals surface area contributed by atoms with E-state index in [1.807, 2.05) is 66.4 Å². The predicted octanol–water partition coefficient (Wildman–Crippen LogP) is 5.90. The Labute approximate surface area is 221 Å². The molecule has 38 heavy (non-hydrogen) atoms. The quantitative estimate of drug-likeness (QED) is 0.155. The van der Waals surface area contributed by atoms with Gasteiger partial charge < -0.3 is 33.9 Å². The van der Waals surface area contributed by atoms with Crippen molar-refractivity contribution in [1.29, 1.82) is 0 Å². The lowest BCUT2D eigenvalue weighted by atomic mass is 10.1. The van der Waals surface area contributed by atoms with Crippen molar-refractivity contribution in [3.63, 3.8) is 0 Å². The smallest absolute Gasteiger partial charge is 0.203 e. The van der Waals surface area contributed by atoms with E-state index in [1.165, 1.54) is 19.4 Å². The highest BCUT2D eigenvalue weighted by Gasteiger charge is 2.14. The Morgan fingerprint density at radius 2 is 1.50 bits per heavy atom. The highest BCUT2D eigenvalue weighted by Crippen LogP contribution is 2.39. The van der Waals surface area contributed by atoms with Gasteiger partial charge in [-0.3, -0.25) is 4.79 Å². The van der Waals surface area contributed by atoms with Crippen molar-refractivity contribution in [2.75, 3.05) is 33.8 Å². The SMILES string of the molecule is COc1cc(C=Cc2cc(O)c(OC)c(NC=CC(=O)c3cn(C)c4ccccc34)c2)cc(OC)c1OC. The van der Waals surface area contributed by atoms with Crippen molar-refractivity contribution < 1.29 is 28.8 Å². The van der Waals surface area contributed by atoms with Crippen LogP contribution < -0.4 is 24.3 Å². The number of para-hydroxylation sites is 1. The first-order valence-electron chi connectivity index (χ1n) is 11.8. The zero-order chi connectivity index (χ0) is 27.2. The maximum absolute atomic E-state index is 12.9. The van der Waals surface area contributed by atoms with Gasteiger partial charge in [0.25, 0.3) is 0 Å². The molecule has 0 unspecified atom stereocenters. The van der Waals surface area contributed by atoms with E-state index in [0.29, 0.717) is 34.1 Å². The zero-order valence-corrected chi connectivity index (χ0v) is 21.9. The first kappa shape index (κ1) is 26.2. The molecule has 4 aromatic rings. The van der Waals surface area contributed by atoms with Crippen LogP contribution in [0.5, 0.6) is 28.7 Å². The fourth-order valence-corrected chi connectivity index (χ4v) is 4.28. The molecule has 0 amide bonds. The van der Waals surface area contributed by atoms with Gasteiger partial charge in [0.1, 0.15) is 0 Å². The van der Waals surface area contributed by atoms with Gasteiger partial charge in [0.15, 0.2) is 28.8 Å². The molecule has 1 heterocycles. The summed E-state index contributed by atoms with van der Waals surface area (Å²) in [5, 5.41) is 14.5. The van der Waals surface area contributed by atoms with Gasteiger partial charge in [0.05, 0.1) is 34.1 Å². The minimum atomic E-state index is -0.143. The van der Waals surface area contributed by atoms with E-state index < -0.39 is 0 Å². The van der Waals surface area contributed by atoms with E-state index in [-0.39, 0.29) is 17.3 Å². The molecule has 0 aliphatic heterocycles. The van der Waals surface area contributed by atoms with Gasteiger partial charge in [-0.05, 0) is 41.5 Å². The van der Waals surface area contributed by atoms with Crippen molar-refractivity contribution in [3.8, 4) is 28.7 Å². The van der Waals surface area contributed by atoms with Crippen LogP contribution in [0.1, 0.15) is 21.5 Å². The summed E-state index contributed by atoms with van der Waals surface area (Å²) in [7, 11) is 8.04. The molecule has 8 heteroatoms. The fourth-order valence-electron chi connectivity index (χ4n) is 4.28. The molecular weight excluding hydrogens is 484 g/mol. The molecule has 0 fully saturated rings. The molecule has 3 aromatic carbocycles. The number of ether oxygens (including phenoxy) is 4. The summed E-state index contributed by atoms with van der Waals surface area (Å²) < 4.78 is 23.5. The number of aromatic hydroxyl groups is 1. The summed E-state index contributed by atoms with van der Waals surface area (Å²) in [5.74, 6) is 1.65. The lowest BCUT2D eigenvalue weighted by Crippen LogP contribution is -1.98. The Morgan fingerprint density at radius 3 is 2.13 bits per heavy atom. The highest BCUT2D eigenvalue weighted by atomic mass is 16.5. The van der Waals surface area contributed by atoms with Crippen LogP contribution in [0.4, 0.5) is 5.69 Å². The van der Waals surface area contributed by atoms with E-state index in [9.17, 15) is 9.90 Å². The standard InChI is InChI=1S/C30H30N2O6/c1-32-18-22(21-8-6-7-9-24(21)32)25(33)12-13-31-23-14-19(15-26(34)29(23)37-4)10-11-20-16-27(35-2)30(38-5)28(17-20)36-3/h6-18,31,34H,1-5H3. The lowest BCUT2D eigenvalue weighted by molar-refractivity contribution is 0.104. The van der Waals surface area contributed by atoms with Crippen LogP contribution in [0.2, 0.25) is 0 Å². The summed E-state index contributed by atoms with van der Waals surface area (Å²) in [6, 6.07) is 14.8. The molecule has 0 aliphatic carbocycles. The molecule has 196 valence electrons. The third-order valence-electron chi connectivity index (χ3n) is 6.09. The van der Waals surface area contributed by atoms with Crippen LogP contribution in [-0.2, 0) is 7.05 Å². The number of anilines is 1. The Balaban J connectivity index is 1.58. The monoisotopic (exact) mass is 514 g/mol. The van der Waals surface area contributed by atoms with Crippen LogP contribution >= 0.6 is 0 Å².